The number of carbonyl (C=O) groups excluding carboxylic acids is 2. The Morgan fingerprint density at radius 1 is 1.16 bits per heavy atom. The molecule has 2 aromatic carbocycles. The van der Waals surface area contributed by atoms with Gasteiger partial charge in [-0.15, -0.1) is 5.10 Å². The topological polar surface area (TPSA) is 107 Å². The van der Waals surface area contributed by atoms with E-state index >= 15 is 0 Å². The molecule has 1 saturated heterocycles. The fourth-order valence-corrected chi connectivity index (χ4v) is 3.48. The molecule has 2 amide bonds. The Morgan fingerprint density at radius 3 is 2.69 bits per heavy atom. The van der Waals surface area contributed by atoms with E-state index in [9.17, 15) is 9.59 Å². The van der Waals surface area contributed by atoms with Gasteiger partial charge in [0, 0.05) is 18.7 Å². The number of nitrogens with zero attached hydrogens (tertiary/aromatic N) is 3. The summed E-state index contributed by atoms with van der Waals surface area (Å²) in [6.45, 7) is 4.63. The van der Waals surface area contributed by atoms with Crippen molar-refractivity contribution >= 4 is 23.5 Å². The van der Waals surface area contributed by atoms with Crippen LogP contribution in [0.1, 0.15) is 30.7 Å². The molecule has 0 spiro atoms. The number of amides is 2. The number of para-hydroxylation sites is 1. The Bertz CT molecular complexity index is 1100. The summed E-state index contributed by atoms with van der Waals surface area (Å²) in [5, 5.41) is 10.4. The summed E-state index contributed by atoms with van der Waals surface area (Å²) < 4.78 is 16.5. The third-order valence-electron chi connectivity index (χ3n) is 5.07. The highest BCUT2D eigenvalue weighted by Gasteiger charge is 2.35. The van der Waals surface area contributed by atoms with Crippen molar-refractivity contribution in [1.82, 2.24) is 10.2 Å². The van der Waals surface area contributed by atoms with E-state index in [-0.39, 0.29) is 30.9 Å². The second-order valence-electron chi connectivity index (χ2n) is 7.38. The zero-order chi connectivity index (χ0) is 22.5. The first-order valence-corrected chi connectivity index (χ1v) is 10.4. The Kier molecular flexibility index (Phi) is 6.34. The lowest BCUT2D eigenvalue weighted by molar-refractivity contribution is -0.118. The molecule has 32 heavy (non-hydrogen) atoms. The maximum Gasteiger partial charge on any atom is 0.322 e. The molecular weight excluding hydrogens is 412 g/mol. The van der Waals surface area contributed by atoms with Crippen molar-refractivity contribution in [2.45, 2.75) is 26.2 Å². The van der Waals surface area contributed by atoms with Gasteiger partial charge in [-0.05, 0) is 49.7 Å². The van der Waals surface area contributed by atoms with Crippen LogP contribution in [0.5, 0.6) is 11.5 Å². The Hall–Kier alpha value is -3.88. The zero-order valence-electron chi connectivity index (χ0n) is 17.9. The quantitative estimate of drug-likeness (QED) is 0.577. The average molecular weight is 436 g/mol. The highest BCUT2D eigenvalue weighted by atomic mass is 16.5. The fraction of sp³-hybridized carbons (Fsp3) is 0.304. The first-order valence-electron chi connectivity index (χ1n) is 10.4. The molecule has 9 heteroatoms. The molecule has 4 rings (SSSR count). The van der Waals surface area contributed by atoms with Crippen LogP contribution < -0.4 is 19.7 Å². The van der Waals surface area contributed by atoms with Gasteiger partial charge in [-0.3, -0.25) is 14.9 Å². The molecule has 0 saturated carbocycles. The molecule has 1 aliphatic heterocycles. The predicted molar refractivity (Wildman–Crippen MR) is 117 cm³/mol. The second kappa shape index (κ2) is 9.51. The van der Waals surface area contributed by atoms with E-state index in [1.165, 1.54) is 0 Å². The van der Waals surface area contributed by atoms with Gasteiger partial charge in [-0.1, -0.05) is 23.3 Å². The van der Waals surface area contributed by atoms with Crippen LogP contribution in [0.25, 0.3) is 0 Å². The number of hydrogen-bond acceptors (Lipinski definition) is 7. The van der Waals surface area contributed by atoms with Crippen LogP contribution in [-0.2, 0) is 9.59 Å². The Balaban J connectivity index is 1.33. The standard InChI is InChI=1S/C23H24N4O5/c1-3-30-18-10-8-17(9-11-18)27-13-16(12-21(27)29)22-25-26-23(32-22)24-20(28)14-31-19-7-5-4-6-15(19)2/h4-11,16H,3,12-14H2,1-2H3,(H,24,26,28)/t16-/m0/s1. The van der Waals surface area contributed by atoms with E-state index in [1.54, 1.807) is 11.0 Å². The molecule has 9 nitrogen and oxygen atoms in total. The van der Waals surface area contributed by atoms with Crippen molar-refractivity contribution in [2.75, 3.05) is 30.0 Å². The van der Waals surface area contributed by atoms with Gasteiger partial charge in [-0.25, -0.2) is 0 Å². The van der Waals surface area contributed by atoms with Crippen LogP contribution in [0.4, 0.5) is 11.7 Å². The van der Waals surface area contributed by atoms with Crippen molar-refractivity contribution in [3.8, 4) is 11.5 Å². The first kappa shape index (κ1) is 21.4. The van der Waals surface area contributed by atoms with Crippen LogP contribution >= 0.6 is 0 Å². The van der Waals surface area contributed by atoms with Gasteiger partial charge in [-0.2, -0.15) is 0 Å². The lowest BCUT2D eigenvalue weighted by atomic mass is 10.1. The summed E-state index contributed by atoms with van der Waals surface area (Å²) >= 11 is 0. The summed E-state index contributed by atoms with van der Waals surface area (Å²) in [4.78, 5) is 26.4. The van der Waals surface area contributed by atoms with Crippen LogP contribution in [-0.4, -0.2) is 41.8 Å². The van der Waals surface area contributed by atoms with Gasteiger partial charge in [0.15, 0.2) is 6.61 Å². The number of hydrogen-bond donors (Lipinski definition) is 1. The van der Waals surface area contributed by atoms with E-state index in [0.717, 1.165) is 17.0 Å². The molecule has 1 N–H and O–H groups in total. The molecule has 1 aromatic heterocycles. The summed E-state index contributed by atoms with van der Waals surface area (Å²) in [5.74, 6) is 0.991. The minimum Gasteiger partial charge on any atom is -0.494 e. The SMILES string of the molecule is CCOc1ccc(N2C[C@@H](c3nnc(NC(=O)COc4ccccc4C)o3)CC2=O)cc1. The fourth-order valence-electron chi connectivity index (χ4n) is 3.48. The molecule has 166 valence electrons. The number of aryl methyl sites for hydroxylation is 1. The highest BCUT2D eigenvalue weighted by molar-refractivity contribution is 5.96. The Morgan fingerprint density at radius 2 is 1.94 bits per heavy atom. The van der Waals surface area contributed by atoms with Crippen LogP contribution in [0, 0.1) is 6.92 Å². The lowest BCUT2D eigenvalue weighted by Crippen LogP contribution is -2.24. The van der Waals surface area contributed by atoms with Gasteiger partial charge in [0.05, 0.1) is 12.5 Å². The van der Waals surface area contributed by atoms with Crippen LogP contribution in [0.3, 0.4) is 0 Å². The van der Waals surface area contributed by atoms with E-state index in [2.05, 4.69) is 15.5 Å². The van der Waals surface area contributed by atoms with Gasteiger partial charge < -0.3 is 18.8 Å². The van der Waals surface area contributed by atoms with Crippen molar-refractivity contribution in [3.63, 3.8) is 0 Å². The summed E-state index contributed by atoms with van der Waals surface area (Å²) in [7, 11) is 0. The number of carbonyl (C=O) groups is 2. The lowest BCUT2D eigenvalue weighted by Gasteiger charge is -2.16. The van der Waals surface area contributed by atoms with E-state index < -0.39 is 5.91 Å². The Labute approximate surface area is 185 Å². The highest BCUT2D eigenvalue weighted by Crippen LogP contribution is 2.32. The molecule has 2 heterocycles. The number of benzene rings is 2. The molecule has 0 aliphatic carbocycles. The third kappa shape index (κ3) is 4.88. The monoisotopic (exact) mass is 436 g/mol. The van der Waals surface area contributed by atoms with Crippen molar-refractivity contribution in [3.05, 3.63) is 60.0 Å². The van der Waals surface area contributed by atoms with E-state index in [4.69, 9.17) is 13.9 Å². The minimum absolute atomic E-state index is 0.0228. The largest absolute Gasteiger partial charge is 0.494 e. The van der Waals surface area contributed by atoms with Gasteiger partial charge >= 0.3 is 6.01 Å². The maximum absolute atomic E-state index is 12.5. The van der Waals surface area contributed by atoms with Gasteiger partial charge in [0.2, 0.25) is 11.8 Å². The summed E-state index contributed by atoms with van der Waals surface area (Å²) in [6, 6.07) is 14.8. The van der Waals surface area contributed by atoms with Crippen LogP contribution in [0.2, 0.25) is 0 Å². The molecule has 0 bridgehead atoms. The predicted octanol–water partition coefficient (Wildman–Crippen LogP) is 3.31. The number of nitrogens with one attached hydrogen (secondary N) is 1. The minimum atomic E-state index is -0.415. The van der Waals surface area contributed by atoms with Crippen molar-refractivity contribution in [2.24, 2.45) is 0 Å². The van der Waals surface area contributed by atoms with Crippen LogP contribution in [0.15, 0.2) is 52.9 Å². The molecule has 0 unspecified atom stereocenters. The molecule has 1 atom stereocenters. The number of anilines is 2. The molecular formula is C23H24N4O5. The smallest absolute Gasteiger partial charge is 0.322 e. The van der Waals surface area contributed by atoms with Gasteiger partial charge in [0.1, 0.15) is 11.5 Å². The zero-order valence-corrected chi connectivity index (χ0v) is 17.9. The third-order valence-corrected chi connectivity index (χ3v) is 5.07. The number of rotatable bonds is 8. The normalized spacial score (nSPS) is 15.6. The molecule has 3 aromatic rings. The number of aromatic nitrogens is 2. The van der Waals surface area contributed by atoms with Crippen molar-refractivity contribution < 1.29 is 23.5 Å². The van der Waals surface area contributed by atoms with Crippen molar-refractivity contribution in [1.29, 1.82) is 0 Å². The van der Waals surface area contributed by atoms with Gasteiger partial charge in [0.25, 0.3) is 5.91 Å². The summed E-state index contributed by atoms with van der Waals surface area (Å²) in [5.41, 5.74) is 1.71. The summed E-state index contributed by atoms with van der Waals surface area (Å²) in [6.07, 6.45) is 0.249. The van der Waals surface area contributed by atoms with E-state index in [1.807, 2.05) is 56.3 Å². The first-order chi connectivity index (χ1) is 15.5. The number of ether oxygens (including phenoxy) is 2. The van der Waals surface area contributed by atoms with E-state index in [0.29, 0.717) is 24.8 Å². The molecule has 1 fully saturated rings. The maximum atomic E-state index is 12.5. The second-order valence-corrected chi connectivity index (χ2v) is 7.38. The molecule has 0 radical (unpaired) electrons. The average Bonchev–Trinajstić information content (AvgIpc) is 3.40. The molecule has 1 aliphatic rings.